The summed E-state index contributed by atoms with van der Waals surface area (Å²) in [6.07, 6.45) is 4.50. The first-order valence-electron chi connectivity index (χ1n) is 5.12. The molecule has 0 bridgehead atoms. The minimum atomic E-state index is -0.674. The van der Waals surface area contributed by atoms with Gasteiger partial charge in [0.1, 0.15) is 5.54 Å². The largest absolute Gasteiger partial charge is 0.409 e. The van der Waals surface area contributed by atoms with Crippen molar-refractivity contribution in [3.63, 3.8) is 0 Å². The molecule has 0 spiro atoms. The van der Waals surface area contributed by atoms with Gasteiger partial charge < -0.3 is 21.6 Å². The number of carbonyl (C=O) groups excluding carboxylic acids is 1. The molecule has 0 unspecified atom stereocenters. The Morgan fingerprint density at radius 1 is 1.40 bits per heavy atom. The molecule has 0 heterocycles. The van der Waals surface area contributed by atoms with E-state index in [0.29, 0.717) is 0 Å². The predicted octanol–water partition coefficient (Wildman–Crippen LogP) is 0.365. The molecule has 0 saturated heterocycles. The average molecular weight is 214 g/mol. The topological polar surface area (TPSA) is 99.7 Å². The Morgan fingerprint density at radius 2 is 2.00 bits per heavy atom. The van der Waals surface area contributed by atoms with Crippen LogP contribution >= 0.6 is 0 Å². The number of nitrogens with zero attached hydrogens (tertiary/aromatic N) is 1. The van der Waals surface area contributed by atoms with Crippen molar-refractivity contribution in [2.24, 2.45) is 10.9 Å². The van der Waals surface area contributed by atoms with Gasteiger partial charge in [-0.1, -0.05) is 24.4 Å². The molecular weight excluding hydrogens is 196 g/mol. The van der Waals surface area contributed by atoms with Crippen LogP contribution in [0.4, 0.5) is 4.79 Å². The Morgan fingerprint density at radius 3 is 2.47 bits per heavy atom. The van der Waals surface area contributed by atoms with E-state index < -0.39 is 5.54 Å². The molecule has 2 amide bonds. The van der Waals surface area contributed by atoms with Crippen LogP contribution in [0.3, 0.4) is 0 Å². The van der Waals surface area contributed by atoms with Crippen LogP contribution in [0.2, 0.25) is 0 Å². The van der Waals surface area contributed by atoms with E-state index in [4.69, 9.17) is 10.9 Å². The Labute approximate surface area is 88.9 Å². The lowest BCUT2D eigenvalue weighted by Gasteiger charge is -2.36. The molecule has 5 N–H and O–H groups in total. The maximum absolute atomic E-state index is 11.3. The summed E-state index contributed by atoms with van der Waals surface area (Å²) >= 11 is 0. The van der Waals surface area contributed by atoms with Crippen molar-refractivity contribution in [2.45, 2.75) is 37.6 Å². The zero-order valence-corrected chi connectivity index (χ0v) is 8.92. The molecule has 1 aliphatic carbocycles. The van der Waals surface area contributed by atoms with Crippen molar-refractivity contribution in [1.82, 2.24) is 10.6 Å². The molecule has 0 aromatic heterocycles. The van der Waals surface area contributed by atoms with Gasteiger partial charge in [-0.2, -0.15) is 0 Å². The van der Waals surface area contributed by atoms with E-state index in [2.05, 4.69) is 15.8 Å². The molecule has 0 aromatic rings. The number of nitrogens with one attached hydrogen (secondary N) is 2. The molecule has 6 heteroatoms. The van der Waals surface area contributed by atoms with Crippen LogP contribution in [-0.2, 0) is 0 Å². The molecule has 6 nitrogen and oxygen atoms in total. The first kappa shape index (κ1) is 11.6. The van der Waals surface area contributed by atoms with E-state index in [1.807, 2.05) is 0 Å². The summed E-state index contributed by atoms with van der Waals surface area (Å²) in [6, 6.07) is -0.302. The van der Waals surface area contributed by atoms with Gasteiger partial charge >= 0.3 is 6.03 Å². The highest BCUT2D eigenvalue weighted by Gasteiger charge is 2.37. The van der Waals surface area contributed by atoms with Crippen LogP contribution in [0.15, 0.2) is 5.16 Å². The van der Waals surface area contributed by atoms with E-state index in [1.54, 1.807) is 0 Å². The fourth-order valence-electron chi connectivity index (χ4n) is 1.98. The second-order valence-electron chi connectivity index (χ2n) is 3.83. The van der Waals surface area contributed by atoms with Crippen molar-refractivity contribution in [3.8, 4) is 0 Å². The van der Waals surface area contributed by atoms with E-state index in [9.17, 15) is 4.79 Å². The summed E-state index contributed by atoms with van der Waals surface area (Å²) in [5.74, 6) is 0.0887. The zero-order valence-electron chi connectivity index (χ0n) is 8.92. The molecule has 0 radical (unpaired) electrons. The standard InChI is InChI=1S/C9H18N4O2/c1-11-8(14)12-9(7(10)13-15)5-3-2-4-6-9/h15H,2-6H2,1H3,(H2,10,13)(H2,11,12,14). The summed E-state index contributed by atoms with van der Waals surface area (Å²) in [4.78, 5) is 11.3. The van der Waals surface area contributed by atoms with Crippen molar-refractivity contribution in [3.05, 3.63) is 0 Å². The second kappa shape index (κ2) is 4.86. The van der Waals surface area contributed by atoms with Gasteiger partial charge in [0.2, 0.25) is 0 Å². The fraction of sp³-hybridized carbons (Fsp3) is 0.778. The van der Waals surface area contributed by atoms with Crippen LogP contribution in [0.5, 0.6) is 0 Å². The number of urea groups is 1. The first-order valence-corrected chi connectivity index (χ1v) is 5.12. The van der Waals surface area contributed by atoms with Crippen molar-refractivity contribution < 1.29 is 10.0 Å². The summed E-state index contributed by atoms with van der Waals surface area (Å²) in [7, 11) is 1.54. The zero-order chi connectivity index (χ0) is 11.3. The summed E-state index contributed by atoms with van der Waals surface area (Å²) in [5.41, 5.74) is 4.97. The number of hydrogen-bond acceptors (Lipinski definition) is 3. The van der Waals surface area contributed by atoms with Gasteiger partial charge in [0.05, 0.1) is 0 Å². The number of nitrogens with two attached hydrogens (primary N) is 1. The molecule has 1 fully saturated rings. The number of oxime groups is 1. The Hall–Kier alpha value is -1.46. The van der Waals surface area contributed by atoms with Gasteiger partial charge in [0.25, 0.3) is 0 Å². The van der Waals surface area contributed by atoms with Crippen LogP contribution < -0.4 is 16.4 Å². The van der Waals surface area contributed by atoms with E-state index in [-0.39, 0.29) is 11.9 Å². The fourth-order valence-corrected chi connectivity index (χ4v) is 1.98. The van der Waals surface area contributed by atoms with E-state index >= 15 is 0 Å². The minimum absolute atomic E-state index is 0.0887. The second-order valence-corrected chi connectivity index (χ2v) is 3.83. The molecule has 1 aliphatic rings. The predicted molar refractivity (Wildman–Crippen MR) is 56.8 cm³/mol. The lowest BCUT2D eigenvalue weighted by molar-refractivity contribution is 0.224. The average Bonchev–Trinajstić information content (AvgIpc) is 2.29. The van der Waals surface area contributed by atoms with E-state index in [0.717, 1.165) is 32.1 Å². The van der Waals surface area contributed by atoms with E-state index in [1.165, 1.54) is 7.05 Å². The molecule has 1 saturated carbocycles. The number of amides is 2. The molecule has 15 heavy (non-hydrogen) atoms. The molecular formula is C9H18N4O2. The highest BCUT2D eigenvalue weighted by molar-refractivity contribution is 5.93. The third-order valence-electron chi connectivity index (χ3n) is 2.89. The normalized spacial score (nSPS) is 20.7. The summed E-state index contributed by atoms with van der Waals surface area (Å²) in [6.45, 7) is 0. The monoisotopic (exact) mass is 214 g/mol. The van der Waals surface area contributed by atoms with Crippen molar-refractivity contribution in [2.75, 3.05) is 7.05 Å². The molecule has 0 aliphatic heterocycles. The van der Waals surface area contributed by atoms with Crippen LogP contribution in [0.25, 0.3) is 0 Å². The van der Waals surface area contributed by atoms with Crippen LogP contribution in [-0.4, -0.2) is 29.7 Å². The molecule has 0 atom stereocenters. The number of carbonyl (C=O) groups is 1. The maximum atomic E-state index is 11.3. The van der Waals surface area contributed by atoms with Crippen LogP contribution in [0.1, 0.15) is 32.1 Å². The van der Waals surface area contributed by atoms with Gasteiger partial charge in [0.15, 0.2) is 5.84 Å². The van der Waals surface area contributed by atoms with Crippen molar-refractivity contribution in [1.29, 1.82) is 0 Å². The molecule has 0 aromatic carbocycles. The Balaban J connectivity index is 2.80. The summed E-state index contributed by atoms with van der Waals surface area (Å²) < 4.78 is 0. The quantitative estimate of drug-likeness (QED) is 0.231. The Bertz CT molecular complexity index is 259. The lowest BCUT2D eigenvalue weighted by Crippen LogP contribution is -2.60. The first-order chi connectivity index (χ1) is 7.14. The third-order valence-corrected chi connectivity index (χ3v) is 2.89. The number of amidine groups is 1. The van der Waals surface area contributed by atoms with Gasteiger partial charge in [-0.3, -0.25) is 0 Å². The smallest absolute Gasteiger partial charge is 0.315 e. The van der Waals surface area contributed by atoms with Gasteiger partial charge in [-0.15, -0.1) is 0 Å². The van der Waals surface area contributed by atoms with Crippen molar-refractivity contribution >= 4 is 11.9 Å². The maximum Gasteiger partial charge on any atom is 0.315 e. The highest BCUT2D eigenvalue weighted by Crippen LogP contribution is 2.28. The summed E-state index contributed by atoms with van der Waals surface area (Å²) in [5, 5.41) is 17.0. The minimum Gasteiger partial charge on any atom is -0.409 e. The molecule has 1 rings (SSSR count). The third kappa shape index (κ3) is 2.51. The highest BCUT2D eigenvalue weighted by atomic mass is 16.4. The van der Waals surface area contributed by atoms with Gasteiger partial charge in [0, 0.05) is 7.05 Å². The number of rotatable bonds is 2. The SMILES string of the molecule is CNC(=O)NC1(C(N)=NO)CCCCC1. The van der Waals surface area contributed by atoms with Gasteiger partial charge in [-0.05, 0) is 12.8 Å². The lowest BCUT2D eigenvalue weighted by atomic mass is 9.81. The molecule has 86 valence electrons. The van der Waals surface area contributed by atoms with Crippen LogP contribution in [0, 0.1) is 0 Å². The Kier molecular flexibility index (Phi) is 3.76. The van der Waals surface area contributed by atoms with Gasteiger partial charge in [-0.25, -0.2) is 4.79 Å². The number of hydrogen-bond donors (Lipinski definition) is 4.